The van der Waals surface area contributed by atoms with Crippen molar-refractivity contribution in [3.63, 3.8) is 0 Å². The molecule has 0 radical (unpaired) electrons. The molecule has 8 heteroatoms. The topological polar surface area (TPSA) is 70.1 Å². The zero-order valence-electron chi connectivity index (χ0n) is 21.7. The van der Waals surface area contributed by atoms with Gasteiger partial charge in [-0.25, -0.2) is 12.8 Å². The highest BCUT2D eigenvalue weighted by Gasteiger charge is 2.45. The van der Waals surface area contributed by atoms with Gasteiger partial charge in [0, 0.05) is 25.2 Å². The molecule has 1 saturated carbocycles. The third kappa shape index (κ3) is 5.17. The summed E-state index contributed by atoms with van der Waals surface area (Å²) in [5.74, 6) is 0.286. The number of para-hydroxylation sites is 1. The molecule has 1 N–H and O–H groups in total. The van der Waals surface area contributed by atoms with Crippen LogP contribution in [0.3, 0.4) is 0 Å². The van der Waals surface area contributed by atoms with Gasteiger partial charge in [0.25, 0.3) is 10.0 Å². The van der Waals surface area contributed by atoms with Crippen LogP contribution in [0.4, 0.5) is 10.1 Å². The average Bonchev–Trinajstić information content (AvgIpc) is 2.95. The Morgan fingerprint density at radius 2 is 1.58 bits per heavy atom. The average molecular weight is 539 g/mol. The van der Waals surface area contributed by atoms with Crippen molar-refractivity contribution in [1.29, 1.82) is 0 Å². The van der Waals surface area contributed by atoms with Crippen LogP contribution in [0.5, 0.6) is 5.75 Å². The minimum absolute atomic E-state index is 0.0916. The molecule has 1 saturated heterocycles. The second kappa shape index (κ2) is 11.0. The number of hydrogen-bond donors (Lipinski definition) is 1. The van der Waals surface area contributed by atoms with Crippen LogP contribution in [0.15, 0.2) is 83.8 Å². The predicted molar refractivity (Wildman–Crippen MR) is 146 cm³/mol. The highest BCUT2D eigenvalue weighted by Crippen LogP contribution is 2.42. The molecule has 3 aromatic carbocycles. The third-order valence-corrected chi connectivity index (χ3v) is 9.97. The first-order valence-electron chi connectivity index (χ1n) is 13.3. The van der Waals surface area contributed by atoms with Gasteiger partial charge in [-0.2, -0.15) is 0 Å². The molecule has 0 amide bonds. The van der Waals surface area contributed by atoms with Gasteiger partial charge in [-0.3, -0.25) is 9.21 Å². The summed E-state index contributed by atoms with van der Waals surface area (Å²) in [6.07, 6.45) is 4.70. The normalized spacial score (nSPS) is 23.2. The Morgan fingerprint density at radius 1 is 0.921 bits per heavy atom. The van der Waals surface area contributed by atoms with Gasteiger partial charge in [0.05, 0.1) is 17.7 Å². The number of benzene rings is 3. The Kier molecular flexibility index (Phi) is 7.75. The number of ether oxygens (including phenoxy) is 1. The van der Waals surface area contributed by atoms with Crippen LogP contribution in [-0.2, 0) is 15.6 Å². The molecule has 2 aliphatic rings. The predicted octanol–water partition coefficient (Wildman–Crippen LogP) is 5.32. The Balaban J connectivity index is 1.39. The van der Waals surface area contributed by atoms with Crippen molar-refractivity contribution in [3.8, 4) is 5.75 Å². The van der Waals surface area contributed by atoms with Crippen molar-refractivity contribution in [3.05, 3.63) is 90.2 Å². The lowest BCUT2D eigenvalue weighted by atomic mass is 9.74. The summed E-state index contributed by atoms with van der Waals surface area (Å²) in [6, 6.07) is 21.7. The molecule has 1 heterocycles. The fraction of sp³-hybridized carbons (Fsp3) is 0.400. The van der Waals surface area contributed by atoms with E-state index in [4.69, 9.17) is 4.74 Å². The van der Waals surface area contributed by atoms with Crippen LogP contribution < -0.4 is 9.04 Å². The minimum atomic E-state index is -3.82. The van der Waals surface area contributed by atoms with E-state index in [1.165, 1.54) is 12.1 Å². The molecule has 5 rings (SSSR count). The van der Waals surface area contributed by atoms with E-state index in [1.807, 2.05) is 30.3 Å². The molecule has 0 aromatic heterocycles. The number of hydrogen-bond acceptors (Lipinski definition) is 5. The van der Waals surface area contributed by atoms with Gasteiger partial charge in [0.2, 0.25) is 0 Å². The maximum Gasteiger partial charge on any atom is 0.264 e. The molecule has 6 nitrogen and oxygen atoms in total. The van der Waals surface area contributed by atoms with Crippen LogP contribution >= 0.6 is 0 Å². The van der Waals surface area contributed by atoms with Gasteiger partial charge < -0.3 is 9.84 Å². The van der Waals surface area contributed by atoms with E-state index in [0.717, 1.165) is 24.8 Å². The van der Waals surface area contributed by atoms with Crippen molar-refractivity contribution in [2.75, 3.05) is 24.5 Å². The van der Waals surface area contributed by atoms with E-state index < -0.39 is 15.6 Å². The molecular weight excluding hydrogens is 503 g/mol. The largest absolute Gasteiger partial charge is 0.497 e. The van der Waals surface area contributed by atoms with Crippen LogP contribution in [0.2, 0.25) is 0 Å². The molecular formula is C30H35FN2O4S. The Labute approximate surface area is 224 Å². The number of anilines is 1. The molecule has 3 aromatic rings. The zero-order valence-corrected chi connectivity index (χ0v) is 22.5. The first-order chi connectivity index (χ1) is 18.3. The number of halogens is 1. The molecule has 2 fully saturated rings. The van der Waals surface area contributed by atoms with Crippen LogP contribution in [-0.4, -0.2) is 50.7 Å². The first-order valence-corrected chi connectivity index (χ1v) is 14.7. The van der Waals surface area contributed by atoms with E-state index in [2.05, 4.69) is 4.90 Å². The van der Waals surface area contributed by atoms with Crippen molar-refractivity contribution in [2.24, 2.45) is 0 Å². The van der Waals surface area contributed by atoms with E-state index >= 15 is 0 Å². The fourth-order valence-electron chi connectivity index (χ4n) is 6.11. The van der Waals surface area contributed by atoms with Crippen molar-refractivity contribution in [1.82, 2.24) is 4.90 Å². The number of sulfonamides is 1. The molecule has 2 unspecified atom stereocenters. The summed E-state index contributed by atoms with van der Waals surface area (Å²) in [6.45, 7) is 1.33. The molecule has 0 bridgehead atoms. The summed E-state index contributed by atoms with van der Waals surface area (Å²) in [5, 5.41) is 11.8. The standard InChI is InChI=1S/C30H35FN2O4S/c1-37-27-14-16-28(17-15-27)38(35,36)33(25-7-3-2-4-8-25)26-18-21-32(22-19-26)29-9-5-6-20-30(29,34)23-10-12-24(31)13-11-23/h2-4,7-8,10-17,26,29,34H,5-6,9,18-22H2,1H3. The van der Waals surface area contributed by atoms with E-state index in [-0.39, 0.29) is 22.8 Å². The number of aliphatic hydroxyl groups is 1. The fourth-order valence-corrected chi connectivity index (χ4v) is 7.82. The molecule has 38 heavy (non-hydrogen) atoms. The summed E-state index contributed by atoms with van der Waals surface area (Å²) >= 11 is 0. The molecule has 2 atom stereocenters. The van der Waals surface area contributed by atoms with Gasteiger partial charge in [-0.15, -0.1) is 0 Å². The van der Waals surface area contributed by atoms with E-state index in [0.29, 0.717) is 43.8 Å². The smallest absolute Gasteiger partial charge is 0.264 e. The SMILES string of the molecule is COc1ccc(S(=O)(=O)N(c2ccccc2)C2CCN(C3CCCCC3(O)c3ccc(F)cc3)CC2)cc1. The minimum Gasteiger partial charge on any atom is -0.497 e. The first kappa shape index (κ1) is 26.7. The monoisotopic (exact) mass is 538 g/mol. The number of likely N-dealkylation sites (tertiary alicyclic amines) is 1. The number of rotatable bonds is 7. The molecule has 1 aliphatic heterocycles. The second-order valence-electron chi connectivity index (χ2n) is 10.3. The van der Waals surface area contributed by atoms with Crippen molar-refractivity contribution >= 4 is 15.7 Å². The molecule has 0 spiro atoms. The Bertz CT molecular complexity index is 1310. The Hall–Kier alpha value is -2.94. The molecule has 1 aliphatic carbocycles. The van der Waals surface area contributed by atoms with Gasteiger partial charge in [0.1, 0.15) is 17.2 Å². The summed E-state index contributed by atoms with van der Waals surface area (Å²) in [5.41, 5.74) is 0.341. The zero-order chi connectivity index (χ0) is 26.8. The molecule has 202 valence electrons. The summed E-state index contributed by atoms with van der Waals surface area (Å²) in [7, 11) is -2.26. The lowest BCUT2D eigenvalue weighted by Gasteiger charge is -2.49. The van der Waals surface area contributed by atoms with E-state index in [1.54, 1.807) is 47.8 Å². The van der Waals surface area contributed by atoms with Crippen molar-refractivity contribution < 1.29 is 22.7 Å². The lowest BCUT2D eigenvalue weighted by molar-refractivity contribution is -0.0849. The highest BCUT2D eigenvalue weighted by molar-refractivity contribution is 7.92. The van der Waals surface area contributed by atoms with Gasteiger partial charge in [-0.1, -0.05) is 43.2 Å². The lowest BCUT2D eigenvalue weighted by Crippen LogP contribution is -2.57. The van der Waals surface area contributed by atoms with Crippen LogP contribution in [0, 0.1) is 5.82 Å². The quantitative estimate of drug-likeness (QED) is 0.441. The van der Waals surface area contributed by atoms with Gasteiger partial charge in [-0.05, 0) is 79.8 Å². The Morgan fingerprint density at radius 3 is 2.21 bits per heavy atom. The van der Waals surface area contributed by atoms with E-state index in [9.17, 15) is 17.9 Å². The van der Waals surface area contributed by atoms with Crippen LogP contribution in [0.25, 0.3) is 0 Å². The maximum atomic E-state index is 13.9. The number of piperidine rings is 1. The summed E-state index contributed by atoms with van der Waals surface area (Å²) in [4.78, 5) is 2.53. The van der Waals surface area contributed by atoms with Crippen molar-refractivity contribution in [2.45, 2.75) is 61.1 Å². The van der Waals surface area contributed by atoms with Gasteiger partial charge in [0.15, 0.2) is 0 Å². The number of nitrogens with zero attached hydrogens (tertiary/aromatic N) is 2. The second-order valence-corrected chi connectivity index (χ2v) is 12.1. The maximum absolute atomic E-state index is 13.9. The van der Waals surface area contributed by atoms with Gasteiger partial charge >= 0.3 is 0 Å². The number of methoxy groups -OCH3 is 1. The summed E-state index contributed by atoms with van der Waals surface area (Å²) < 4.78 is 48.2. The highest BCUT2D eigenvalue weighted by atomic mass is 32.2. The third-order valence-electron chi connectivity index (χ3n) is 8.08. The van der Waals surface area contributed by atoms with Crippen LogP contribution in [0.1, 0.15) is 44.1 Å².